The Labute approximate surface area is 213 Å². The molecule has 2 aromatic rings. The van der Waals surface area contributed by atoms with E-state index in [4.69, 9.17) is 13.9 Å². The third-order valence-electron chi connectivity index (χ3n) is 6.48. The van der Waals surface area contributed by atoms with Crippen molar-refractivity contribution in [2.75, 3.05) is 12.4 Å². The second kappa shape index (κ2) is 9.93. The summed E-state index contributed by atoms with van der Waals surface area (Å²) in [6.07, 6.45) is -1.15. The van der Waals surface area contributed by atoms with E-state index in [-0.39, 0.29) is 34.0 Å². The SMILES string of the molecule is CO[C@@H]1[C@H](O[Si](C)(C)C(C)(C)C)[C@@H](C(O)I)O[C@H]1n1cnc2c(=O)[nH]c(NC(=O)C(C)C)nc21. The van der Waals surface area contributed by atoms with Crippen LogP contribution in [0.15, 0.2) is 11.1 Å². The zero-order valence-corrected chi connectivity index (χ0v) is 23.9. The van der Waals surface area contributed by atoms with Crippen LogP contribution >= 0.6 is 22.6 Å². The summed E-state index contributed by atoms with van der Waals surface area (Å²) >= 11 is 1.90. The van der Waals surface area contributed by atoms with Gasteiger partial charge in [-0.05, 0) is 40.7 Å². The van der Waals surface area contributed by atoms with Crippen LogP contribution in [0, 0.1) is 5.92 Å². The molecule has 0 radical (unpaired) electrons. The minimum Gasteiger partial charge on any atom is -0.408 e. The van der Waals surface area contributed by atoms with Gasteiger partial charge in [-0.15, -0.1) is 0 Å². The Morgan fingerprint density at radius 1 is 1.35 bits per heavy atom. The maximum atomic E-state index is 12.6. The zero-order chi connectivity index (χ0) is 25.6. The van der Waals surface area contributed by atoms with E-state index in [1.807, 2.05) is 22.6 Å². The van der Waals surface area contributed by atoms with Gasteiger partial charge in [0, 0.05) is 13.0 Å². The molecule has 5 atom stereocenters. The first kappa shape index (κ1) is 27.2. The predicted molar refractivity (Wildman–Crippen MR) is 138 cm³/mol. The average Bonchev–Trinajstić information content (AvgIpc) is 3.28. The van der Waals surface area contributed by atoms with Crippen molar-refractivity contribution in [3.63, 3.8) is 0 Å². The number of halogens is 1. The third kappa shape index (κ3) is 5.23. The van der Waals surface area contributed by atoms with Crippen molar-refractivity contribution < 1.29 is 23.8 Å². The van der Waals surface area contributed by atoms with Crippen LogP contribution in [0.3, 0.4) is 0 Å². The number of hydrogen-bond donors (Lipinski definition) is 3. The minimum atomic E-state index is -2.25. The number of aromatic amines is 1. The predicted octanol–water partition coefficient (Wildman–Crippen LogP) is 2.77. The number of H-pyrrole nitrogens is 1. The van der Waals surface area contributed by atoms with Crippen LogP contribution in [0.5, 0.6) is 0 Å². The van der Waals surface area contributed by atoms with Gasteiger partial charge in [-0.3, -0.25) is 24.5 Å². The normalized spacial score (nSPS) is 24.7. The second-order valence-corrected chi connectivity index (χ2v) is 16.3. The van der Waals surface area contributed by atoms with Crippen molar-refractivity contribution >= 4 is 53.9 Å². The van der Waals surface area contributed by atoms with Gasteiger partial charge in [0.05, 0.1) is 6.33 Å². The van der Waals surface area contributed by atoms with Gasteiger partial charge in [0.15, 0.2) is 25.7 Å². The van der Waals surface area contributed by atoms with Gasteiger partial charge in [0.25, 0.3) is 5.56 Å². The van der Waals surface area contributed by atoms with Crippen molar-refractivity contribution in [1.82, 2.24) is 19.5 Å². The van der Waals surface area contributed by atoms with Crippen LogP contribution in [0.4, 0.5) is 5.95 Å². The number of ether oxygens (including phenoxy) is 2. The first-order valence-corrected chi connectivity index (χ1v) is 15.3. The maximum absolute atomic E-state index is 12.6. The molecule has 2 aromatic heterocycles. The first-order valence-electron chi connectivity index (χ1n) is 11.1. The van der Waals surface area contributed by atoms with E-state index in [0.717, 1.165) is 0 Å². The van der Waals surface area contributed by atoms with Crippen molar-refractivity contribution in [2.24, 2.45) is 5.92 Å². The number of methoxy groups -OCH3 is 1. The summed E-state index contributed by atoms with van der Waals surface area (Å²) < 4.78 is 19.5. The van der Waals surface area contributed by atoms with Gasteiger partial charge < -0.3 is 19.0 Å². The van der Waals surface area contributed by atoms with Crippen molar-refractivity contribution in [1.29, 1.82) is 0 Å². The van der Waals surface area contributed by atoms with Crippen LogP contribution in [-0.2, 0) is 18.7 Å². The molecule has 1 aliphatic heterocycles. The molecule has 3 heterocycles. The molecular weight excluding hydrogens is 573 g/mol. The Morgan fingerprint density at radius 3 is 2.53 bits per heavy atom. The van der Waals surface area contributed by atoms with Gasteiger partial charge >= 0.3 is 0 Å². The van der Waals surface area contributed by atoms with E-state index in [2.05, 4.69) is 54.1 Å². The monoisotopic (exact) mass is 607 g/mol. The molecule has 0 spiro atoms. The number of alkyl halides is 1. The fraction of sp³-hybridized carbons (Fsp3) is 0.714. The molecule has 3 rings (SSSR count). The van der Waals surface area contributed by atoms with Gasteiger partial charge in [-0.25, -0.2) is 4.98 Å². The Morgan fingerprint density at radius 2 is 2.00 bits per heavy atom. The maximum Gasteiger partial charge on any atom is 0.280 e. The first-order chi connectivity index (χ1) is 15.7. The van der Waals surface area contributed by atoms with Crippen LogP contribution in [0.1, 0.15) is 40.8 Å². The molecular formula is C21H34IN5O6Si. The largest absolute Gasteiger partial charge is 0.408 e. The molecule has 0 aromatic carbocycles. The summed E-state index contributed by atoms with van der Waals surface area (Å²) in [5, 5.41) is 13.0. The summed E-state index contributed by atoms with van der Waals surface area (Å²) in [6, 6.07) is 0. The molecule has 1 aliphatic rings. The Hall–Kier alpha value is -1.39. The quantitative estimate of drug-likeness (QED) is 0.248. The number of aliphatic hydroxyl groups excluding tert-OH is 1. The molecule has 0 bridgehead atoms. The highest BCUT2D eigenvalue weighted by Crippen LogP contribution is 2.43. The van der Waals surface area contributed by atoms with Crippen LogP contribution in [-0.4, -0.2) is 68.4 Å². The number of amides is 1. The second-order valence-electron chi connectivity index (χ2n) is 10.3. The molecule has 1 saturated heterocycles. The van der Waals surface area contributed by atoms with E-state index in [9.17, 15) is 14.7 Å². The average molecular weight is 608 g/mol. The summed E-state index contributed by atoms with van der Waals surface area (Å²) in [7, 11) is -0.694. The smallest absolute Gasteiger partial charge is 0.280 e. The minimum absolute atomic E-state index is 0.0180. The van der Waals surface area contributed by atoms with Crippen molar-refractivity contribution in [3.8, 4) is 0 Å². The number of aliphatic hydroxyl groups is 1. The van der Waals surface area contributed by atoms with E-state index in [0.29, 0.717) is 0 Å². The van der Waals surface area contributed by atoms with Crippen molar-refractivity contribution in [3.05, 3.63) is 16.7 Å². The lowest BCUT2D eigenvalue weighted by Crippen LogP contribution is -2.51. The van der Waals surface area contributed by atoms with Gasteiger partial charge in [-0.2, -0.15) is 4.98 Å². The number of nitrogens with one attached hydrogen (secondary N) is 2. The number of aromatic nitrogens is 4. The number of nitrogens with zero attached hydrogens (tertiary/aromatic N) is 3. The summed E-state index contributed by atoms with van der Waals surface area (Å²) in [5.74, 6) is -0.554. The lowest BCUT2D eigenvalue weighted by molar-refractivity contribution is -0.118. The van der Waals surface area contributed by atoms with Crippen molar-refractivity contribution in [2.45, 2.75) is 81.4 Å². The van der Waals surface area contributed by atoms with Crippen LogP contribution in [0.25, 0.3) is 11.2 Å². The Bertz CT molecular complexity index is 1100. The summed E-state index contributed by atoms with van der Waals surface area (Å²) in [5.41, 5.74) is -0.166. The molecule has 0 aliphatic carbocycles. The Kier molecular flexibility index (Phi) is 7.94. The fourth-order valence-electron chi connectivity index (χ4n) is 3.44. The Balaban J connectivity index is 2.04. The highest BCUT2D eigenvalue weighted by Gasteiger charge is 2.53. The molecule has 190 valence electrons. The number of rotatable bonds is 7. The highest BCUT2D eigenvalue weighted by atomic mass is 127. The molecule has 1 amide bonds. The van der Waals surface area contributed by atoms with Crippen LogP contribution < -0.4 is 10.9 Å². The van der Waals surface area contributed by atoms with E-state index in [1.165, 1.54) is 6.33 Å². The number of hydrogen-bond acceptors (Lipinski definition) is 8. The number of carbonyl (C=O) groups excluding carboxylic acids is 1. The van der Waals surface area contributed by atoms with E-state index >= 15 is 0 Å². The molecule has 34 heavy (non-hydrogen) atoms. The van der Waals surface area contributed by atoms with E-state index in [1.54, 1.807) is 25.5 Å². The number of anilines is 1. The van der Waals surface area contributed by atoms with E-state index < -0.39 is 42.5 Å². The third-order valence-corrected chi connectivity index (χ3v) is 11.7. The summed E-state index contributed by atoms with van der Waals surface area (Å²) in [6.45, 7) is 14.1. The van der Waals surface area contributed by atoms with Gasteiger partial charge in [0.1, 0.15) is 22.4 Å². The molecule has 11 nitrogen and oxygen atoms in total. The molecule has 1 unspecified atom stereocenters. The molecule has 3 N–H and O–H groups in total. The zero-order valence-electron chi connectivity index (χ0n) is 20.7. The van der Waals surface area contributed by atoms with Gasteiger partial charge in [0.2, 0.25) is 11.9 Å². The number of fused-ring (bicyclic) bond motifs is 1. The summed E-state index contributed by atoms with van der Waals surface area (Å²) in [4.78, 5) is 35.9. The lowest BCUT2D eigenvalue weighted by atomic mass is 10.1. The van der Waals surface area contributed by atoms with Gasteiger partial charge in [-0.1, -0.05) is 34.6 Å². The highest BCUT2D eigenvalue weighted by molar-refractivity contribution is 14.1. The molecule has 13 heteroatoms. The van der Waals surface area contributed by atoms with Crippen LogP contribution in [0.2, 0.25) is 18.1 Å². The molecule has 1 fully saturated rings. The lowest BCUT2D eigenvalue weighted by Gasteiger charge is -2.40. The number of carbonyl (C=O) groups is 1. The topological polar surface area (TPSA) is 141 Å². The number of imidazole rings is 1. The standard InChI is InChI=1S/C21H34IN5O6Si/c1-10(2)17(29)25-20-24-16-11(18(30)26-20)23-9-27(16)19-14(31-6)12(13(32-19)15(22)28)33-34(7,8)21(3,4)5/h9-10,12-15,19,28H,1-8H3,(H2,24,25,26,29,30)/t12-,13+,14-,15?,19-/m1/s1. The molecule has 0 saturated carbocycles. The fourth-order valence-corrected chi connectivity index (χ4v) is 5.33.